The highest BCUT2D eigenvalue weighted by Crippen LogP contribution is 2.23. The van der Waals surface area contributed by atoms with Crippen LogP contribution in [0.25, 0.3) is 12.2 Å². The molecule has 2 aromatic rings. The molecule has 0 saturated carbocycles. The molecule has 1 aliphatic heterocycles. The molecular formula is C19H22ClN3O. The van der Waals surface area contributed by atoms with Gasteiger partial charge in [-0.1, -0.05) is 23.8 Å². The van der Waals surface area contributed by atoms with Crippen molar-refractivity contribution in [2.24, 2.45) is 0 Å². The average molecular weight is 344 g/mol. The Labute approximate surface area is 148 Å². The van der Waals surface area contributed by atoms with E-state index in [0.717, 1.165) is 23.3 Å². The first-order valence-electron chi connectivity index (χ1n) is 8.29. The van der Waals surface area contributed by atoms with Gasteiger partial charge in [-0.25, -0.2) is 4.98 Å². The molecule has 0 amide bonds. The summed E-state index contributed by atoms with van der Waals surface area (Å²) >= 11 is 6.18. The number of hydrogen-bond donors (Lipinski definition) is 0. The van der Waals surface area contributed by atoms with Crippen molar-refractivity contribution in [1.82, 2.24) is 14.9 Å². The number of hydrogen-bond acceptors (Lipinski definition) is 4. The number of aromatic nitrogens is 2. The molecule has 0 unspecified atom stereocenters. The van der Waals surface area contributed by atoms with Crippen LogP contribution in [0.5, 0.6) is 5.75 Å². The second-order valence-corrected chi connectivity index (χ2v) is 6.44. The Morgan fingerprint density at radius 2 is 2.17 bits per heavy atom. The summed E-state index contributed by atoms with van der Waals surface area (Å²) in [5.41, 5.74) is 1.92. The zero-order chi connectivity index (χ0) is 16.8. The van der Waals surface area contributed by atoms with E-state index in [0.29, 0.717) is 17.8 Å². The normalized spacial score (nSPS) is 18.3. The minimum Gasteiger partial charge on any atom is -0.492 e. The lowest BCUT2D eigenvalue weighted by atomic mass is 10.1. The molecule has 5 heteroatoms. The molecule has 1 aliphatic rings. The van der Waals surface area contributed by atoms with Crippen molar-refractivity contribution in [3.8, 4) is 5.75 Å². The fourth-order valence-corrected chi connectivity index (χ4v) is 3.12. The highest BCUT2D eigenvalue weighted by Gasteiger charge is 2.20. The summed E-state index contributed by atoms with van der Waals surface area (Å²) in [6.07, 6.45) is 12.7. The first-order chi connectivity index (χ1) is 11.7. The van der Waals surface area contributed by atoms with E-state index in [2.05, 4.69) is 21.9 Å². The van der Waals surface area contributed by atoms with E-state index in [-0.39, 0.29) is 0 Å². The highest BCUT2D eigenvalue weighted by molar-refractivity contribution is 6.31. The van der Waals surface area contributed by atoms with Gasteiger partial charge in [-0.05, 0) is 56.6 Å². The van der Waals surface area contributed by atoms with E-state index in [1.54, 1.807) is 18.6 Å². The first-order valence-corrected chi connectivity index (χ1v) is 8.67. The molecule has 24 heavy (non-hydrogen) atoms. The maximum atomic E-state index is 6.18. The number of ether oxygens (including phenoxy) is 1. The standard InChI is InChI=1S/C19H22ClN3O/c1-23-11-2-3-17(23)8-12-24-18-13-16(19(20)22-14-18)5-4-15-6-9-21-10-7-15/h4-7,9-10,13-14,17H,2-3,8,11-12H2,1H3/t17-/m0/s1. The molecule has 3 heterocycles. The predicted molar refractivity (Wildman–Crippen MR) is 98.2 cm³/mol. The van der Waals surface area contributed by atoms with Crippen molar-refractivity contribution in [3.05, 3.63) is 53.1 Å². The molecule has 1 fully saturated rings. The zero-order valence-corrected chi connectivity index (χ0v) is 14.6. The van der Waals surface area contributed by atoms with Crippen molar-refractivity contribution < 1.29 is 4.74 Å². The van der Waals surface area contributed by atoms with Crippen LogP contribution in [0.3, 0.4) is 0 Å². The number of pyridine rings is 2. The largest absolute Gasteiger partial charge is 0.492 e. The van der Waals surface area contributed by atoms with Crippen molar-refractivity contribution in [3.63, 3.8) is 0 Å². The summed E-state index contributed by atoms with van der Waals surface area (Å²) in [7, 11) is 2.18. The lowest BCUT2D eigenvalue weighted by molar-refractivity contribution is 0.233. The molecule has 0 aromatic carbocycles. The number of nitrogens with zero attached hydrogens (tertiary/aromatic N) is 3. The Kier molecular flexibility index (Phi) is 5.83. The molecule has 2 aromatic heterocycles. The minimum absolute atomic E-state index is 0.475. The predicted octanol–water partition coefficient (Wildman–Crippen LogP) is 4.16. The summed E-state index contributed by atoms with van der Waals surface area (Å²) < 4.78 is 5.87. The maximum Gasteiger partial charge on any atom is 0.138 e. The fourth-order valence-electron chi connectivity index (χ4n) is 2.96. The smallest absolute Gasteiger partial charge is 0.138 e. The third kappa shape index (κ3) is 4.56. The molecular weight excluding hydrogens is 322 g/mol. The van der Waals surface area contributed by atoms with E-state index in [9.17, 15) is 0 Å². The summed E-state index contributed by atoms with van der Waals surface area (Å²) in [4.78, 5) is 10.6. The van der Waals surface area contributed by atoms with E-state index >= 15 is 0 Å². The summed E-state index contributed by atoms with van der Waals surface area (Å²) in [5.74, 6) is 0.759. The Morgan fingerprint density at radius 1 is 1.33 bits per heavy atom. The van der Waals surface area contributed by atoms with Gasteiger partial charge in [0.1, 0.15) is 10.9 Å². The van der Waals surface area contributed by atoms with Gasteiger partial charge in [0, 0.05) is 24.0 Å². The lowest BCUT2D eigenvalue weighted by Gasteiger charge is -2.19. The third-order valence-corrected chi connectivity index (χ3v) is 4.71. The van der Waals surface area contributed by atoms with Gasteiger partial charge in [0.2, 0.25) is 0 Å². The molecule has 0 radical (unpaired) electrons. The number of likely N-dealkylation sites (tertiary alicyclic amines) is 1. The first kappa shape index (κ1) is 16.9. The van der Waals surface area contributed by atoms with E-state index in [4.69, 9.17) is 16.3 Å². The van der Waals surface area contributed by atoms with Crippen molar-refractivity contribution in [1.29, 1.82) is 0 Å². The van der Waals surface area contributed by atoms with Crippen molar-refractivity contribution in [2.75, 3.05) is 20.2 Å². The van der Waals surface area contributed by atoms with Crippen LogP contribution in [0.4, 0.5) is 0 Å². The van der Waals surface area contributed by atoms with Crippen molar-refractivity contribution in [2.45, 2.75) is 25.3 Å². The number of halogens is 1. The van der Waals surface area contributed by atoms with Gasteiger partial charge >= 0.3 is 0 Å². The summed E-state index contributed by atoms with van der Waals surface area (Å²) in [6.45, 7) is 1.89. The maximum absolute atomic E-state index is 6.18. The van der Waals surface area contributed by atoms with Gasteiger partial charge in [0.15, 0.2) is 0 Å². The Bertz CT molecular complexity index is 690. The topological polar surface area (TPSA) is 38.2 Å². The van der Waals surface area contributed by atoms with Crippen LogP contribution in [0, 0.1) is 0 Å². The highest BCUT2D eigenvalue weighted by atomic mass is 35.5. The van der Waals surface area contributed by atoms with Crippen LogP contribution in [0.1, 0.15) is 30.4 Å². The van der Waals surface area contributed by atoms with Crippen LogP contribution in [-0.2, 0) is 0 Å². The Morgan fingerprint density at radius 3 is 2.92 bits per heavy atom. The fraction of sp³-hybridized carbons (Fsp3) is 0.368. The van der Waals surface area contributed by atoms with Gasteiger partial charge in [-0.15, -0.1) is 0 Å². The van der Waals surface area contributed by atoms with Gasteiger partial charge < -0.3 is 9.64 Å². The zero-order valence-electron chi connectivity index (χ0n) is 13.9. The van der Waals surface area contributed by atoms with E-state index in [1.807, 2.05) is 30.4 Å². The molecule has 1 atom stereocenters. The second-order valence-electron chi connectivity index (χ2n) is 6.08. The van der Waals surface area contributed by atoms with Gasteiger partial charge in [-0.3, -0.25) is 4.98 Å². The van der Waals surface area contributed by atoms with Gasteiger partial charge in [0.05, 0.1) is 12.8 Å². The molecule has 3 rings (SSSR count). The summed E-state index contributed by atoms with van der Waals surface area (Å²) in [6, 6.07) is 6.45. The molecule has 4 nitrogen and oxygen atoms in total. The van der Waals surface area contributed by atoms with Gasteiger partial charge in [0.25, 0.3) is 0 Å². The van der Waals surface area contributed by atoms with E-state index in [1.165, 1.54) is 19.4 Å². The van der Waals surface area contributed by atoms with E-state index < -0.39 is 0 Å². The Balaban J connectivity index is 1.60. The van der Waals surface area contributed by atoms with Crippen LogP contribution < -0.4 is 4.74 Å². The quantitative estimate of drug-likeness (QED) is 0.738. The SMILES string of the molecule is CN1CCC[C@H]1CCOc1cnc(Cl)c(C=Cc2ccncc2)c1. The Hall–Kier alpha value is -1.91. The van der Waals surface area contributed by atoms with Crippen molar-refractivity contribution >= 4 is 23.8 Å². The third-order valence-electron chi connectivity index (χ3n) is 4.39. The van der Waals surface area contributed by atoms with Crippen LogP contribution >= 0.6 is 11.6 Å². The monoisotopic (exact) mass is 343 g/mol. The van der Waals surface area contributed by atoms with Crippen LogP contribution in [-0.4, -0.2) is 41.1 Å². The molecule has 0 aliphatic carbocycles. The summed E-state index contributed by atoms with van der Waals surface area (Å²) in [5, 5.41) is 0.475. The molecule has 1 saturated heterocycles. The van der Waals surface area contributed by atoms with Crippen LogP contribution in [0.2, 0.25) is 5.15 Å². The molecule has 0 spiro atoms. The van der Waals surface area contributed by atoms with Crippen LogP contribution in [0.15, 0.2) is 36.8 Å². The molecule has 0 N–H and O–H groups in total. The van der Waals surface area contributed by atoms with Gasteiger partial charge in [-0.2, -0.15) is 0 Å². The number of rotatable bonds is 6. The average Bonchev–Trinajstić information content (AvgIpc) is 3.01. The molecule has 126 valence electrons. The molecule has 0 bridgehead atoms. The second kappa shape index (κ2) is 8.27. The lowest BCUT2D eigenvalue weighted by Crippen LogP contribution is -2.26. The minimum atomic E-state index is 0.475.